The summed E-state index contributed by atoms with van der Waals surface area (Å²) in [5.41, 5.74) is 5.15. The van der Waals surface area contributed by atoms with E-state index in [0.717, 1.165) is 9.86 Å². The van der Waals surface area contributed by atoms with Gasteiger partial charge >= 0.3 is 5.97 Å². The maximum atomic E-state index is 13.4. The Morgan fingerprint density at radius 1 is 1.03 bits per heavy atom. The lowest BCUT2D eigenvalue weighted by Crippen LogP contribution is -2.19. The van der Waals surface area contributed by atoms with Gasteiger partial charge in [0.1, 0.15) is 17.2 Å². The first kappa shape index (κ1) is 25.3. The van der Waals surface area contributed by atoms with Gasteiger partial charge in [-0.1, -0.05) is 57.9 Å². The fraction of sp³-hybridized carbons (Fsp3) is 0.0357. The summed E-state index contributed by atoms with van der Waals surface area (Å²) in [5.74, 6) is -0.278. The van der Waals surface area contributed by atoms with Gasteiger partial charge in [-0.25, -0.2) is 10.2 Å². The number of amides is 1. The number of hydrogen-bond acceptors (Lipinski definition) is 6. The van der Waals surface area contributed by atoms with Crippen molar-refractivity contribution >= 4 is 56.5 Å². The predicted molar refractivity (Wildman–Crippen MR) is 148 cm³/mol. The molecule has 2 heterocycles. The molecule has 8 nitrogen and oxygen atoms in total. The minimum Gasteiger partial charge on any atom is -0.495 e. The summed E-state index contributed by atoms with van der Waals surface area (Å²) in [5, 5.41) is 5.32. The first-order valence-corrected chi connectivity index (χ1v) is 12.5. The quantitative estimate of drug-likeness (QED) is 0.0932. The number of carbonyl (C=O) groups excluding carboxylic acids is 2. The molecule has 2 N–H and O–H groups in total. The molecule has 0 unspecified atom stereocenters. The Bertz CT molecular complexity index is 1680. The fourth-order valence-corrected chi connectivity index (χ4v) is 4.71. The number of H-pyrrole nitrogens is 1. The molecular formula is C28H19BrClN3O5. The van der Waals surface area contributed by atoms with E-state index >= 15 is 0 Å². The van der Waals surface area contributed by atoms with Gasteiger partial charge in [0, 0.05) is 31.6 Å². The fourth-order valence-electron chi connectivity index (χ4n) is 3.95. The number of aromatic amines is 1. The van der Waals surface area contributed by atoms with Crippen molar-refractivity contribution in [1.29, 1.82) is 0 Å². The average molecular weight is 593 g/mol. The van der Waals surface area contributed by atoms with Crippen LogP contribution in [-0.2, 0) is 0 Å². The molecule has 0 aliphatic carbocycles. The number of halogens is 2. The molecule has 38 heavy (non-hydrogen) atoms. The van der Waals surface area contributed by atoms with Crippen LogP contribution in [0.15, 0.2) is 93.1 Å². The van der Waals surface area contributed by atoms with Gasteiger partial charge in [0.2, 0.25) is 5.76 Å². The Morgan fingerprint density at radius 3 is 2.58 bits per heavy atom. The van der Waals surface area contributed by atoms with Crippen LogP contribution < -0.4 is 14.9 Å². The number of para-hydroxylation sites is 1. The molecule has 2 aromatic heterocycles. The number of aromatic nitrogens is 1. The van der Waals surface area contributed by atoms with Gasteiger partial charge < -0.3 is 18.9 Å². The molecule has 5 aromatic rings. The van der Waals surface area contributed by atoms with E-state index in [0.29, 0.717) is 33.0 Å². The molecule has 5 rings (SSSR count). The van der Waals surface area contributed by atoms with E-state index < -0.39 is 11.9 Å². The third-order valence-electron chi connectivity index (χ3n) is 5.67. The highest BCUT2D eigenvalue weighted by molar-refractivity contribution is 9.10. The highest BCUT2D eigenvalue weighted by Crippen LogP contribution is 2.42. The van der Waals surface area contributed by atoms with Gasteiger partial charge in [-0.3, -0.25) is 4.79 Å². The largest absolute Gasteiger partial charge is 0.495 e. The van der Waals surface area contributed by atoms with E-state index in [1.807, 2.05) is 24.3 Å². The van der Waals surface area contributed by atoms with Gasteiger partial charge in [-0.2, -0.15) is 5.10 Å². The van der Waals surface area contributed by atoms with E-state index in [1.165, 1.54) is 18.5 Å². The van der Waals surface area contributed by atoms with Crippen LogP contribution in [0.1, 0.15) is 26.6 Å². The number of esters is 1. The third kappa shape index (κ3) is 4.93. The normalized spacial score (nSPS) is 11.1. The van der Waals surface area contributed by atoms with Gasteiger partial charge in [0.05, 0.1) is 25.1 Å². The summed E-state index contributed by atoms with van der Waals surface area (Å²) in [4.78, 5) is 28.9. The number of hydrogen-bond donors (Lipinski definition) is 2. The molecule has 0 radical (unpaired) electrons. The maximum Gasteiger partial charge on any atom is 0.379 e. The van der Waals surface area contributed by atoms with Crippen molar-refractivity contribution in [1.82, 2.24) is 10.4 Å². The topological polar surface area (TPSA) is 106 Å². The Hall–Kier alpha value is -4.34. The molecule has 3 aromatic carbocycles. The molecule has 0 fully saturated rings. The smallest absolute Gasteiger partial charge is 0.379 e. The number of fused-ring (bicyclic) bond motifs is 1. The number of rotatable bonds is 7. The van der Waals surface area contributed by atoms with Crippen molar-refractivity contribution in [3.8, 4) is 22.6 Å². The van der Waals surface area contributed by atoms with Crippen LogP contribution in [0.25, 0.3) is 22.0 Å². The van der Waals surface area contributed by atoms with Gasteiger partial charge in [0.25, 0.3) is 5.91 Å². The second-order valence-electron chi connectivity index (χ2n) is 7.96. The van der Waals surface area contributed by atoms with Crippen LogP contribution in [0, 0.1) is 0 Å². The Labute approximate surface area is 230 Å². The predicted octanol–water partition coefficient (Wildman–Crippen LogP) is 6.84. The van der Waals surface area contributed by atoms with E-state index in [4.69, 9.17) is 25.5 Å². The van der Waals surface area contributed by atoms with Gasteiger partial charge in [-0.15, -0.1) is 0 Å². The lowest BCUT2D eigenvalue weighted by Gasteiger charge is -2.08. The van der Waals surface area contributed by atoms with Crippen LogP contribution in [-0.4, -0.2) is 30.2 Å². The zero-order chi connectivity index (χ0) is 26.6. The van der Waals surface area contributed by atoms with Crippen LogP contribution in [0.5, 0.6) is 11.5 Å². The van der Waals surface area contributed by atoms with Gasteiger partial charge in [0.15, 0.2) is 0 Å². The molecule has 0 aliphatic rings. The minimum absolute atomic E-state index is 0.0672. The number of carbonyl (C=O) groups is 2. The maximum absolute atomic E-state index is 13.4. The number of benzene rings is 3. The van der Waals surface area contributed by atoms with E-state index in [9.17, 15) is 9.59 Å². The van der Waals surface area contributed by atoms with E-state index in [-0.39, 0.29) is 17.2 Å². The average Bonchev–Trinajstić information content (AvgIpc) is 3.60. The molecule has 0 spiro atoms. The Kier molecular flexibility index (Phi) is 7.30. The summed E-state index contributed by atoms with van der Waals surface area (Å²) in [6, 6.07) is 20.8. The molecule has 0 saturated carbocycles. The summed E-state index contributed by atoms with van der Waals surface area (Å²) in [6.45, 7) is 0. The van der Waals surface area contributed by atoms with Crippen LogP contribution in [0.2, 0.25) is 5.02 Å². The summed E-state index contributed by atoms with van der Waals surface area (Å²) < 4.78 is 16.8. The second kappa shape index (κ2) is 11.0. The first-order valence-electron chi connectivity index (χ1n) is 11.3. The zero-order valence-corrected chi connectivity index (χ0v) is 22.2. The summed E-state index contributed by atoms with van der Waals surface area (Å²) in [7, 11) is 1.55. The first-order chi connectivity index (χ1) is 18.5. The van der Waals surface area contributed by atoms with Crippen LogP contribution in [0.4, 0.5) is 0 Å². The van der Waals surface area contributed by atoms with Crippen molar-refractivity contribution in [2.45, 2.75) is 0 Å². The molecule has 0 aliphatic heterocycles. The highest BCUT2D eigenvalue weighted by Gasteiger charge is 2.24. The number of methoxy groups -OCH3 is 1. The number of ether oxygens (including phenoxy) is 2. The highest BCUT2D eigenvalue weighted by atomic mass is 79.9. The number of furan rings is 1. The van der Waals surface area contributed by atoms with Crippen molar-refractivity contribution in [2.75, 3.05) is 7.11 Å². The van der Waals surface area contributed by atoms with Crippen molar-refractivity contribution in [2.24, 2.45) is 5.10 Å². The summed E-state index contributed by atoms with van der Waals surface area (Å²) >= 11 is 10.1. The molecule has 0 bridgehead atoms. The minimum atomic E-state index is -0.651. The van der Waals surface area contributed by atoms with Crippen LogP contribution >= 0.6 is 27.5 Å². The monoisotopic (exact) mass is 591 g/mol. The van der Waals surface area contributed by atoms with Crippen molar-refractivity contribution in [3.05, 3.63) is 106 Å². The lowest BCUT2D eigenvalue weighted by atomic mass is 10.0. The van der Waals surface area contributed by atoms with E-state index in [2.05, 4.69) is 31.4 Å². The van der Waals surface area contributed by atoms with Crippen molar-refractivity contribution < 1.29 is 23.5 Å². The Morgan fingerprint density at radius 2 is 1.82 bits per heavy atom. The van der Waals surface area contributed by atoms with Crippen LogP contribution in [0.3, 0.4) is 0 Å². The standard InChI is InChI=1S/C28H19BrClN3O5/c1-36-21-13-12-18(29)24-23(17-8-3-4-9-19(17)30)26(32-25(21)24)27(34)33-31-15-16-7-2-5-10-20(16)38-28(35)22-11-6-14-37-22/h2-15,32H,1H3,(H,33,34). The molecule has 10 heteroatoms. The molecule has 0 saturated heterocycles. The molecule has 0 atom stereocenters. The SMILES string of the molecule is COc1ccc(Br)c2c(-c3ccccc3Cl)c(C(=O)NN=Cc3ccccc3OC(=O)c3ccco3)[nH]c12. The van der Waals surface area contributed by atoms with Crippen molar-refractivity contribution in [3.63, 3.8) is 0 Å². The number of nitrogens with one attached hydrogen (secondary N) is 2. The third-order valence-corrected chi connectivity index (χ3v) is 6.66. The molecular weight excluding hydrogens is 574 g/mol. The van der Waals surface area contributed by atoms with Gasteiger partial charge in [-0.05, 0) is 42.5 Å². The number of hydrazone groups is 1. The lowest BCUT2D eigenvalue weighted by molar-refractivity contribution is 0.0701. The molecule has 1 amide bonds. The Balaban J connectivity index is 1.47. The second-order valence-corrected chi connectivity index (χ2v) is 9.22. The zero-order valence-electron chi connectivity index (χ0n) is 19.8. The summed E-state index contributed by atoms with van der Waals surface area (Å²) in [6.07, 6.45) is 2.77. The number of nitrogens with zero attached hydrogens (tertiary/aromatic N) is 1. The molecule has 190 valence electrons. The van der Waals surface area contributed by atoms with E-state index in [1.54, 1.807) is 49.6 Å².